The van der Waals surface area contributed by atoms with Gasteiger partial charge >= 0.3 is 5.97 Å². The maximum absolute atomic E-state index is 12.2. The number of rotatable bonds is 3. The molecule has 4 fully saturated rings. The topological polar surface area (TPSA) is 26.3 Å². The maximum atomic E-state index is 12.2. The van der Waals surface area contributed by atoms with Gasteiger partial charge < -0.3 is 11.7 Å². The Hall–Kier alpha value is -0.660. The Morgan fingerprint density at radius 2 is 1.53 bits per heavy atom. The predicted molar refractivity (Wildman–Crippen MR) is 79.3 cm³/mol. The lowest BCUT2D eigenvalue weighted by Crippen LogP contribution is -2.50. The number of carbonyl (C=O) groups excluding carboxylic acids is 1. The molecule has 0 aromatic carbocycles. The van der Waals surface area contributed by atoms with Crippen LogP contribution >= 0.6 is 0 Å². The van der Waals surface area contributed by atoms with Gasteiger partial charge in [-0.15, -0.1) is 6.42 Å². The van der Waals surface area contributed by atoms with Crippen LogP contribution in [0.4, 0.5) is 0 Å². The molecule has 0 spiro atoms. The third-order valence-electron chi connectivity index (χ3n) is 4.85. The standard InChI is InChI=1S/C14H21O2.C2H6.CH3/c1-2-3-16-13(15)14-7-10-4-11(8-14)6-12(5-10)9-14;1-2;/h10-12H,1-9H2;1-2H3;1H3/q-1;;+1. The summed E-state index contributed by atoms with van der Waals surface area (Å²) < 4.78 is 5.37. The lowest BCUT2D eigenvalue weighted by Gasteiger charge is -2.55. The lowest BCUT2D eigenvalue weighted by atomic mass is 9.49. The summed E-state index contributed by atoms with van der Waals surface area (Å²) in [6.45, 7) is 8.23. The van der Waals surface area contributed by atoms with Crippen LogP contribution in [-0.2, 0) is 9.53 Å². The first-order valence-corrected chi connectivity index (χ1v) is 7.68. The molecule has 0 N–H and O–H groups in total. The number of hydrogen-bond acceptors (Lipinski definition) is 2. The summed E-state index contributed by atoms with van der Waals surface area (Å²) in [4.78, 5) is 12.2. The molecule has 0 aromatic heterocycles. The van der Waals surface area contributed by atoms with Gasteiger partial charge in [0.2, 0.25) is 0 Å². The molecule has 0 radical (unpaired) electrons. The maximum Gasteiger partial charge on any atom is 0.312 e. The highest BCUT2D eigenvalue weighted by atomic mass is 16.5. The van der Waals surface area contributed by atoms with Crippen molar-refractivity contribution in [1.29, 1.82) is 0 Å². The highest BCUT2D eigenvalue weighted by Gasteiger charge is 2.55. The Labute approximate surface area is 119 Å². The third kappa shape index (κ3) is 3.09. The second-order valence-electron chi connectivity index (χ2n) is 6.19. The molecule has 2 nitrogen and oxygen atoms in total. The molecule has 4 aliphatic carbocycles. The second kappa shape index (κ2) is 6.67. The van der Waals surface area contributed by atoms with Gasteiger partial charge in [-0.1, -0.05) is 13.8 Å². The Kier molecular flexibility index (Phi) is 5.76. The van der Waals surface area contributed by atoms with Crippen LogP contribution in [0.15, 0.2) is 0 Å². The van der Waals surface area contributed by atoms with Crippen molar-refractivity contribution in [2.45, 2.75) is 58.8 Å². The Bertz CT molecular complexity index is 260. The van der Waals surface area contributed by atoms with Crippen molar-refractivity contribution in [2.75, 3.05) is 6.61 Å². The first kappa shape index (κ1) is 16.4. The number of esters is 1. The fourth-order valence-electron chi connectivity index (χ4n) is 4.68. The van der Waals surface area contributed by atoms with Crippen molar-refractivity contribution in [1.82, 2.24) is 0 Å². The second-order valence-corrected chi connectivity index (χ2v) is 6.19. The molecule has 0 aromatic rings. The highest BCUT2D eigenvalue weighted by molar-refractivity contribution is 5.77. The summed E-state index contributed by atoms with van der Waals surface area (Å²) >= 11 is 0. The van der Waals surface area contributed by atoms with Gasteiger partial charge in [-0.05, 0) is 56.3 Å². The summed E-state index contributed by atoms with van der Waals surface area (Å²) in [5, 5.41) is 0. The van der Waals surface area contributed by atoms with E-state index in [4.69, 9.17) is 4.74 Å². The molecule has 0 saturated heterocycles. The fourth-order valence-corrected chi connectivity index (χ4v) is 4.68. The molecule has 4 bridgehead atoms. The minimum absolute atomic E-state index is 0. The van der Waals surface area contributed by atoms with Gasteiger partial charge in [0.05, 0.1) is 12.0 Å². The Morgan fingerprint density at radius 1 is 1.11 bits per heavy atom. The molecule has 0 atom stereocenters. The van der Waals surface area contributed by atoms with E-state index >= 15 is 0 Å². The lowest BCUT2D eigenvalue weighted by molar-refractivity contribution is -0.171. The van der Waals surface area contributed by atoms with E-state index in [1.165, 1.54) is 19.3 Å². The van der Waals surface area contributed by atoms with Crippen LogP contribution in [0.2, 0.25) is 0 Å². The zero-order valence-electron chi connectivity index (χ0n) is 12.9. The van der Waals surface area contributed by atoms with E-state index in [0.29, 0.717) is 13.0 Å². The van der Waals surface area contributed by atoms with Crippen molar-refractivity contribution >= 4 is 5.97 Å². The molecule has 0 unspecified atom stereocenters. The van der Waals surface area contributed by atoms with E-state index in [0.717, 1.165) is 37.0 Å². The number of ether oxygens (including phenoxy) is 1. The molecule has 110 valence electrons. The van der Waals surface area contributed by atoms with E-state index in [9.17, 15) is 4.79 Å². The Morgan fingerprint density at radius 3 is 1.89 bits per heavy atom. The SMILES string of the molecule is CC.[CH2-]CCOC(=O)C12CC3CC(CC(C3)C1)C2.[CH3+]. The monoisotopic (exact) mass is 266 g/mol. The molecule has 19 heavy (non-hydrogen) atoms. The number of hydrogen-bond donors (Lipinski definition) is 0. The minimum Gasteiger partial charge on any atom is -0.468 e. The van der Waals surface area contributed by atoms with Crippen molar-refractivity contribution in [3.63, 3.8) is 0 Å². The van der Waals surface area contributed by atoms with Gasteiger partial charge in [0.25, 0.3) is 0 Å². The van der Waals surface area contributed by atoms with Gasteiger partial charge in [-0.3, -0.25) is 4.79 Å². The molecule has 0 amide bonds. The molecular weight excluding hydrogens is 236 g/mol. The molecule has 2 heteroatoms. The van der Waals surface area contributed by atoms with Gasteiger partial charge in [-0.25, -0.2) is 0 Å². The summed E-state index contributed by atoms with van der Waals surface area (Å²) in [5.74, 6) is 2.55. The van der Waals surface area contributed by atoms with E-state index in [1.54, 1.807) is 0 Å². The molecular formula is C17H30O2. The van der Waals surface area contributed by atoms with Crippen LogP contribution in [0.25, 0.3) is 0 Å². The van der Waals surface area contributed by atoms with Crippen LogP contribution in [0.5, 0.6) is 0 Å². The number of carbonyl (C=O) groups is 1. The first-order chi connectivity index (χ1) is 8.72. The van der Waals surface area contributed by atoms with Gasteiger partial charge in [0.1, 0.15) is 0 Å². The third-order valence-corrected chi connectivity index (χ3v) is 4.85. The van der Waals surface area contributed by atoms with E-state index < -0.39 is 0 Å². The largest absolute Gasteiger partial charge is 0.468 e. The molecule has 4 saturated carbocycles. The van der Waals surface area contributed by atoms with Crippen molar-refractivity contribution in [3.8, 4) is 0 Å². The van der Waals surface area contributed by atoms with Crippen LogP contribution in [0, 0.1) is 37.5 Å². The van der Waals surface area contributed by atoms with Crippen molar-refractivity contribution in [2.24, 2.45) is 23.2 Å². The summed E-state index contributed by atoms with van der Waals surface area (Å²) in [6.07, 6.45) is 8.14. The van der Waals surface area contributed by atoms with Crippen LogP contribution < -0.4 is 0 Å². The zero-order valence-corrected chi connectivity index (χ0v) is 12.9. The van der Waals surface area contributed by atoms with E-state index in [-0.39, 0.29) is 18.8 Å². The average molecular weight is 266 g/mol. The van der Waals surface area contributed by atoms with Gasteiger partial charge in [0, 0.05) is 7.43 Å². The quantitative estimate of drug-likeness (QED) is 0.557. The van der Waals surface area contributed by atoms with Crippen LogP contribution in [0.1, 0.15) is 58.8 Å². The van der Waals surface area contributed by atoms with E-state index in [2.05, 4.69) is 6.92 Å². The molecule has 0 aliphatic heterocycles. The summed E-state index contributed by atoms with van der Waals surface area (Å²) in [6, 6.07) is 0. The summed E-state index contributed by atoms with van der Waals surface area (Å²) in [7, 11) is 0. The van der Waals surface area contributed by atoms with Crippen LogP contribution in [-0.4, -0.2) is 12.6 Å². The average Bonchev–Trinajstić information content (AvgIpc) is 2.36. The first-order valence-electron chi connectivity index (χ1n) is 7.68. The van der Waals surface area contributed by atoms with Gasteiger partial charge in [-0.2, -0.15) is 0 Å². The smallest absolute Gasteiger partial charge is 0.312 e. The van der Waals surface area contributed by atoms with E-state index in [1.807, 2.05) is 13.8 Å². The molecule has 0 heterocycles. The highest BCUT2D eigenvalue weighted by Crippen LogP contribution is 2.60. The molecule has 4 aliphatic rings. The van der Waals surface area contributed by atoms with Crippen molar-refractivity contribution < 1.29 is 9.53 Å². The zero-order chi connectivity index (χ0) is 13.2. The van der Waals surface area contributed by atoms with Crippen LogP contribution in [0.3, 0.4) is 0 Å². The summed E-state index contributed by atoms with van der Waals surface area (Å²) in [5.41, 5.74) is -0.0794. The minimum atomic E-state index is -0.0794. The predicted octanol–water partition coefficient (Wildman–Crippen LogP) is 4.45. The molecule has 4 rings (SSSR count). The fraction of sp³-hybridized carbons (Fsp3) is 0.824. The van der Waals surface area contributed by atoms with Gasteiger partial charge in [0.15, 0.2) is 0 Å². The normalized spacial score (nSPS) is 37.9. The van der Waals surface area contributed by atoms with Crippen molar-refractivity contribution in [3.05, 3.63) is 14.4 Å². The Balaban J connectivity index is 0.000000576.